The molecule has 1 aliphatic rings. The third-order valence-electron chi connectivity index (χ3n) is 10.7. The van der Waals surface area contributed by atoms with Gasteiger partial charge in [0, 0.05) is 44.1 Å². The Morgan fingerprint density at radius 2 is 0.962 bits per heavy atom. The van der Waals surface area contributed by atoms with E-state index in [1.54, 1.807) is 0 Å². The van der Waals surface area contributed by atoms with Crippen LogP contribution in [-0.4, -0.2) is 4.57 Å². The Kier molecular flexibility index (Phi) is 7.32. The Morgan fingerprint density at radius 1 is 0.442 bits per heavy atom. The van der Waals surface area contributed by atoms with Crippen LogP contribution in [-0.2, 0) is 0 Å². The Labute approximate surface area is 303 Å². The minimum atomic E-state index is 0.196. The summed E-state index contributed by atoms with van der Waals surface area (Å²) in [6.07, 6.45) is 8.07. The maximum Gasteiger partial charge on any atom is 0.0624 e. The molecule has 10 rings (SSSR count). The molecule has 2 heteroatoms. The van der Waals surface area contributed by atoms with Crippen LogP contribution < -0.4 is 4.90 Å². The fourth-order valence-electron chi connectivity index (χ4n) is 8.38. The molecule has 52 heavy (non-hydrogen) atoms. The van der Waals surface area contributed by atoms with Gasteiger partial charge in [-0.1, -0.05) is 164 Å². The van der Waals surface area contributed by atoms with E-state index in [2.05, 4.69) is 210 Å². The van der Waals surface area contributed by atoms with Gasteiger partial charge in [-0.2, -0.15) is 0 Å². The predicted molar refractivity (Wildman–Crippen MR) is 221 cm³/mol. The Hall–Kier alpha value is -6.64. The van der Waals surface area contributed by atoms with Crippen molar-refractivity contribution in [2.45, 2.75) is 12.5 Å². The summed E-state index contributed by atoms with van der Waals surface area (Å²) in [6.45, 7) is 0. The summed E-state index contributed by atoms with van der Waals surface area (Å²) in [7, 11) is 0. The zero-order chi connectivity index (χ0) is 34.4. The average molecular weight is 665 g/mol. The minimum Gasteiger partial charge on any atom is -0.333 e. The monoisotopic (exact) mass is 664 g/mol. The smallest absolute Gasteiger partial charge is 0.0624 e. The molecule has 1 aromatic heterocycles. The van der Waals surface area contributed by atoms with E-state index in [1.165, 1.54) is 77.0 Å². The number of nitrogens with zero attached hydrogens (tertiary/aromatic N) is 2. The molecular weight excluding hydrogens is 629 g/mol. The summed E-state index contributed by atoms with van der Waals surface area (Å²) >= 11 is 0. The van der Waals surface area contributed by atoms with Crippen molar-refractivity contribution in [2.75, 3.05) is 4.90 Å². The number of hydrogen-bond acceptors (Lipinski definition) is 1. The lowest BCUT2D eigenvalue weighted by Crippen LogP contribution is -2.19. The van der Waals surface area contributed by atoms with E-state index in [1.807, 2.05) is 0 Å². The van der Waals surface area contributed by atoms with Crippen molar-refractivity contribution in [3.8, 4) is 22.3 Å². The molecule has 1 aliphatic carbocycles. The molecule has 0 amide bonds. The van der Waals surface area contributed by atoms with Crippen molar-refractivity contribution in [2.24, 2.45) is 0 Å². The van der Waals surface area contributed by atoms with Crippen LogP contribution in [0, 0.1) is 0 Å². The SMILES string of the molecule is C1=CC(n2c3ccccc3c3ccccc32)CC=C1N(c1ccccc1)c1c(-c2cccc(-c3ccccc3)c2)c2ccccc2c2ccccc12. The molecule has 0 saturated heterocycles. The fraction of sp³-hybridized carbons (Fsp3) is 0.0400. The van der Waals surface area contributed by atoms with Gasteiger partial charge < -0.3 is 9.47 Å². The van der Waals surface area contributed by atoms with Crippen LogP contribution in [0.15, 0.2) is 206 Å². The lowest BCUT2D eigenvalue weighted by atomic mass is 9.88. The molecule has 0 bridgehead atoms. The zero-order valence-corrected chi connectivity index (χ0v) is 28.7. The number of para-hydroxylation sites is 3. The molecule has 2 nitrogen and oxygen atoms in total. The summed E-state index contributed by atoms with van der Waals surface area (Å²) in [5.74, 6) is 0. The van der Waals surface area contributed by atoms with Crippen LogP contribution in [0.25, 0.3) is 65.6 Å². The maximum absolute atomic E-state index is 2.52. The lowest BCUT2D eigenvalue weighted by molar-refractivity contribution is 0.643. The highest BCUT2D eigenvalue weighted by atomic mass is 15.2. The topological polar surface area (TPSA) is 8.17 Å². The molecule has 1 atom stereocenters. The highest BCUT2D eigenvalue weighted by molar-refractivity contribution is 6.22. The highest BCUT2D eigenvalue weighted by Gasteiger charge is 2.26. The number of hydrogen-bond donors (Lipinski definition) is 0. The highest BCUT2D eigenvalue weighted by Crippen LogP contribution is 2.49. The molecule has 1 unspecified atom stereocenters. The third kappa shape index (κ3) is 4.95. The van der Waals surface area contributed by atoms with Crippen molar-refractivity contribution in [3.05, 3.63) is 206 Å². The molecule has 0 saturated carbocycles. The van der Waals surface area contributed by atoms with E-state index < -0.39 is 0 Å². The van der Waals surface area contributed by atoms with Gasteiger partial charge in [0.2, 0.25) is 0 Å². The molecule has 1 heterocycles. The summed E-state index contributed by atoms with van der Waals surface area (Å²) in [6, 6.07) is 66.3. The van der Waals surface area contributed by atoms with E-state index in [9.17, 15) is 0 Å². The minimum absolute atomic E-state index is 0.196. The first-order valence-electron chi connectivity index (χ1n) is 18.1. The van der Waals surface area contributed by atoms with Gasteiger partial charge >= 0.3 is 0 Å². The van der Waals surface area contributed by atoms with E-state index in [0.29, 0.717) is 0 Å². The first-order valence-corrected chi connectivity index (χ1v) is 18.1. The predicted octanol–water partition coefficient (Wildman–Crippen LogP) is 13.7. The largest absolute Gasteiger partial charge is 0.333 e. The van der Waals surface area contributed by atoms with Gasteiger partial charge in [-0.15, -0.1) is 0 Å². The van der Waals surface area contributed by atoms with Gasteiger partial charge in [-0.25, -0.2) is 0 Å². The van der Waals surface area contributed by atoms with Gasteiger partial charge in [0.25, 0.3) is 0 Å². The van der Waals surface area contributed by atoms with Crippen molar-refractivity contribution in [3.63, 3.8) is 0 Å². The molecule has 246 valence electrons. The van der Waals surface area contributed by atoms with Gasteiger partial charge in [0.05, 0.1) is 11.7 Å². The number of fused-ring (bicyclic) bond motifs is 6. The van der Waals surface area contributed by atoms with E-state index in [-0.39, 0.29) is 6.04 Å². The van der Waals surface area contributed by atoms with Crippen LogP contribution >= 0.6 is 0 Å². The molecule has 0 fully saturated rings. The normalized spacial score (nSPS) is 14.3. The second-order valence-electron chi connectivity index (χ2n) is 13.6. The van der Waals surface area contributed by atoms with Gasteiger partial charge in [-0.3, -0.25) is 0 Å². The van der Waals surface area contributed by atoms with Crippen molar-refractivity contribution < 1.29 is 0 Å². The van der Waals surface area contributed by atoms with Crippen molar-refractivity contribution in [1.82, 2.24) is 4.57 Å². The molecule has 9 aromatic rings. The number of allylic oxidation sites excluding steroid dienone is 3. The van der Waals surface area contributed by atoms with Crippen molar-refractivity contribution in [1.29, 1.82) is 0 Å². The van der Waals surface area contributed by atoms with Crippen LogP contribution in [0.5, 0.6) is 0 Å². The second-order valence-corrected chi connectivity index (χ2v) is 13.6. The van der Waals surface area contributed by atoms with Gasteiger partial charge in [-0.05, 0) is 75.7 Å². The van der Waals surface area contributed by atoms with Gasteiger partial charge in [0.1, 0.15) is 0 Å². The first-order chi connectivity index (χ1) is 25.8. The third-order valence-corrected chi connectivity index (χ3v) is 10.7. The standard InChI is InChI=1S/C50H36N2/c1-3-16-35(17-4-1)36-18-15-19-37(34-36)49-45-26-9-7-22-41(45)42-23-8-10-27-46(42)50(49)51(38-20-5-2-6-21-38)39-30-32-40(33-31-39)52-47-28-13-11-24-43(47)44-25-12-14-29-48(44)52/h1-32,34,40H,33H2. The Morgan fingerprint density at radius 3 is 1.62 bits per heavy atom. The lowest BCUT2D eigenvalue weighted by Gasteiger charge is -2.33. The number of benzene rings is 8. The average Bonchev–Trinajstić information content (AvgIpc) is 3.56. The molecule has 0 aliphatic heterocycles. The van der Waals surface area contributed by atoms with Crippen molar-refractivity contribution >= 4 is 54.7 Å². The van der Waals surface area contributed by atoms with E-state index >= 15 is 0 Å². The zero-order valence-electron chi connectivity index (χ0n) is 28.7. The maximum atomic E-state index is 2.52. The van der Waals surface area contributed by atoms with Crippen LogP contribution in [0.1, 0.15) is 12.5 Å². The quantitative estimate of drug-likeness (QED) is 0.161. The Balaban J connectivity index is 1.20. The van der Waals surface area contributed by atoms with Crippen LogP contribution in [0.3, 0.4) is 0 Å². The van der Waals surface area contributed by atoms with E-state index in [0.717, 1.165) is 12.1 Å². The fourth-order valence-corrected chi connectivity index (χ4v) is 8.38. The van der Waals surface area contributed by atoms with E-state index in [4.69, 9.17) is 0 Å². The molecule has 0 spiro atoms. The second kappa shape index (κ2) is 12.6. The molecule has 0 N–H and O–H groups in total. The Bertz CT molecular complexity index is 2770. The summed E-state index contributed by atoms with van der Waals surface area (Å²) in [4.78, 5) is 2.50. The van der Waals surface area contributed by atoms with Crippen LogP contribution in [0.2, 0.25) is 0 Å². The summed E-state index contributed by atoms with van der Waals surface area (Å²) in [5, 5.41) is 7.58. The van der Waals surface area contributed by atoms with Gasteiger partial charge in [0.15, 0.2) is 0 Å². The summed E-state index contributed by atoms with van der Waals surface area (Å²) < 4.78 is 2.52. The number of rotatable bonds is 6. The summed E-state index contributed by atoms with van der Waals surface area (Å²) in [5.41, 5.74) is 10.9. The number of aromatic nitrogens is 1. The molecule has 0 radical (unpaired) electrons. The first kappa shape index (κ1) is 30.2. The molecular formula is C50H36N2. The number of anilines is 2. The molecule has 8 aromatic carbocycles. The van der Waals surface area contributed by atoms with Crippen LogP contribution in [0.4, 0.5) is 11.4 Å².